The van der Waals surface area contributed by atoms with Gasteiger partial charge in [-0.2, -0.15) is 0 Å². The van der Waals surface area contributed by atoms with Crippen LogP contribution in [0.1, 0.15) is 80.6 Å². The van der Waals surface area contributed by atoms with Crippen molar-refractivity contribution in [3.05, 3.63) is 87.5 Å². The van der Waals surface area contributed by atoms with Gasteiger partial charge in [0, 0.05) is 11.6 Å². The van der Waals surface area contributed by atoms with Crippen molar-refractivity contribution >= 4 is 28.3 Å². The molecule has 0 saturated heterocycles. The van der Waals surface area contributed by atoms with Gasteiger partial charge in [-0.25, -0.2) is 19.3 Å². The zero-order chi connectivity index (χ0) is 26.3. The van der Waals surface area contributed by atoms with E-state index in [1.165, 1.54) is 18.0 Å². The number of nitrogens with zero attached hydrogens (tertiary/aromatic N) is 4. The van der Waals surface area contributed by atoms with Gasteiger partial charge in [0.05, 0.1) is 22.8 Å². The molecule has 2 aromatic heterocycles. The molecule has 1 aliphatic carbocycles. The van der Waals surface area contributed by atoms with Crippen LogP contribution in [0.15, 0.2) is 53.6 Å². The van der Waals surface area contributed by atoms with Gasteiger partial charge in [-0.3, -0.25) is 14.8 Å². The predicted octanol–water partition coefficient (Wildman–Crippen LogP) is 5.35. The van der Waals surface area contributed by atoms with Crippen molar-refractivity contribution in [1.29, 1.82) is 5.41 Å². The second-order valence-electron chi connectivity index (χ2n) is 9.86. The molecule has 4 aromatic rings. The molecule has 1 fully saturated rings. The number of anilines is 2. The van der Waals surface area contributed by atoms with E-state index in [2.05, 4.69) is 29.1 Å². The Balaban J connectivity index is 1.55. The van der Waals surface area contributed by atoms with Crippen molar-refractivity contribution in [3.8, 4) is 0 Å². The molecule has 8 nitrogen and oxygen atoms in total. The van der Waals surface area contributed by atoms with Crippen molar-refractivity contribution in [1.82, 2.24) is 19.5 Å². The molecule has 0 aliphatic heterocycles. The molecule has 0 amide bonds. The zero-order valence-corrected chi connectivity index (χ0v) is 21.1. The van der Waals surface area contributed by atoms with Crippen LogP contribution in [0, 0.1) is 11.2 Å². The molecule has 2 heterocycles. The van der Waals surface area contributed by atoms with Gasteiger partial charge in [-0.15, -0.1) is 0 Å². The number of nitrogens with one attached hydrogen (secondary N) is 2. The van der Waals surface area contributed by atoms with Crippen LogP contribution >= 0.6 is 0 Å². The molecule has 1 aliphatic rings. The fourth-order valence-electron chi connectivity index (χ4n) is 4.73. The third-order valence-corrected chi connectivity index (χ3v) is 7.08. The van der Waals surface area contributed by atoms with Crippen LogP contribution in [-0.2, 0) is 0 Å². The van der Waals surface area contributed by atoms with Crippen LogP contribution in [0.25, 0.3) is 10.9 Å². The Bertz CT molecular complexity index is 1540. The molecular formula is C28H30FN7O. The topological polar surface area (TPSA) is 123 Å². The first-order chi connectivity index (χ1) is 17.8. The summed E-state index contributed by atoms with van der Waals surface area (Å²) in [5.41, 5.74) is 8.58. The first kappa shape index (κ1) is 24.5. The summed E-state index contributed by atoms with van der Waals surface area (Å²) >= 11 is 0. The van der Waals surface area contributed by atoms with E-state index in [1.807, 2.05) is 31.2 Å². The molecule has 5 rings (SSSR count). The molecule has 9 heteroatoms. The smallest absolute Gasteiger partial charge is 0.264 e. The first-order valence-corrected chi connectivity index (χ1v) is 12.5. The Kier molecular flexibility index (Phi) is 6.45. The fraction of sp³-hybridized carbons (Fsp3) is 0.321. The Labute approximate surface area is 214 Å². The minimum Gasteiger partial charge on any atom is -0.383 e. The molecule has 0 spiro atoms. The van der Waals surface area contributed by atoms with Crippen molar-refractivity contribution in [3.63, 3.8) is 0 Å². The SMILES string of the molecule is CC(C)c1ccc(C(=N)c2c(N)ncnc2NC(C)c2nc3cccc(F)c3c(=O)n2C2CCC2)cc1. The second-order valence-corrected chi connectivity index (χ2v) is 9.86. The fourth-order valence-corrected chi connectivity index (χ4v) is 4.73. The van der Waals surface area contributed by atoms with Gasteiger partial charge in [-0.1, -0.05) is 44.2 Å². The van der Waals surface area contributed by atoms with Gasteiger partial charge >= 0.3 is 0 Å². The van der Waals surface area contributed by atoms with Crippen LogP contribution < -0.4 is 16.6 Å². The minimum absolute atomic E-state index is 0.00365. The summed E-state index contributed by atoms with van der Waals surface area (Å²) in [5, 5.41) is 12.2. The lowest BCUT2D eigenvalue weighted by atomic mass is 9.92. The normalized spacial score (nSPS) is 14.5. The maximum Gasteiger partial charge on any atom is 0.264 e. The molecule has 0 bridgehead atoms. The van der Waals surface area contributed by atoms with Gasteiger partial charge in [0.1, 0.15) is 35.0 Å². The number of benzene rings is 2. The Morgan fingerprint density at radius 3 is 2.51 bits per heavy atom. The van der Waals surface area contributed by atoms with Gasteiger partial charge in [0.25, 0.3) is 5.56 Å². The maximum atomic E-state index is 14.6. The van der Waals surface area contributed by atoms with Gasteiger partial charge in [0.2, 0.25) is 0 Å². The summed E-state index contributed by atoms with van der Waals surface area (Å²) in [6, 6.07) is 11.8. The summed E-state index contributed by atoms with van der Waals surface area (Å²) < 4.78 is 16.2. The summed E-state index contributed by atoms with van der Waals surface area (Å²) in [6.07, 6.45) is 4.02. The highest BCUT2D eigenvalue weighted by atomic mass is 19.1. The molecule has 4 N–H and O–H groups in total. The molecule has 1 saturated carbocycles. The lowest BCUT2D eigenvalue weighted by molar-refractivity contribution is 0.294. The summed E-state index contributed by atoms with van der Waals surface area (Å²) in [4.78, 5) is 26.6. The third kappa shape index (κ3) is 4.45. The highest BCUT2D eigenvalue weighted by Crippen LogP contribution is 2.34. The third-order valence-electron chi connectivity index (χ3n) is 7.08. The number of aromatic nitrogens is 4. The monoisotopic (exact) mass is 499 g/mol. The van der Waals surface area contributed by atoms with Crippen molar-refractivity contribution < 1.29 is 4.39 Å². The van der Waals surface area contributed by atoms with Crippen LogP contribution in [0.5, 0.6) is 0 Å². The van der Waals surface area contributed by atoms with E-state index in [-0.39, 0.29) is 28.5 Å². The average Bonchev–Trinajstić information content (AvgIpc) is 2.84. The summed E-state index contributed by atoms with van der Waals surface area (Å²) in [5.74, 6) is 0.837. The maximum absolute atomic E-state index is 14.6. The first-order valence-electron chi connectivity index (χ1n) is 12.5. The number of halogens is 1. The molecule has 37 heavy (non-hydrogen) atoms. The molecule has 190 valence electrons. The number of fused-ring (bicyclic) bond motifs is 1. The van der Waals surface area contributed by atoms with Gasteiger partial charge in [0.15, 0.2) is 0 Å². The van der Waals surface area contributed by atoms with Crippen molar-refractivity contribution in [2.75, 3.05) is 11.1 Å². The van der Waals surface area contributed by atoms with E-state index >= 15 is 0 Å². The van der Waals surface area contributed by atoms with E-state index in [4.69, 9.17) is 16.1 Å². The van der Waals surface area contributed by atoms with E-state index in [0.29, 0.717) is 34.2 Å². The minimum atomic E-state index is -0.571. The van der Waals surface area contributed by atoms with Crippen LogP contribution in [0.2, 0.25) is 0 Å². The van der Waals surface area contributed by atoms with E-state index in [9.17, 15) is 9.18 Å². The summed E-state index contributed by atoms with van der Waals surface area (Å²) in [6.45, 7) is 6.10. The average molecular weight is 500 g/mol. The van der Waals surface area contributed by atoms with Crippen molar-refractivity contribution in [2.45, 2.75) is 58.0 Å². The molecular weight excluding hydrogens is 469 g/mol. The summed E-state index contributed by atoms with van der Waals surface area (Å²) in [7, 11) is 0. The molecule has 2 aromatic carbocycles. The zero-order valence-electron chi connectivity index (χ0n) is 21.1. The van der Waals surface area contributed by atoms with E-state index < -0.39 is 11.9 Å². The Morgan fingerprint density at radius 2 is 1.86 bits per heavy atom. The molecule has 0 radical (unpaired) electrons. The van der Waals surface area contributed by atoms with Crippen molar-refractivity contribution in [2.24, 2.45) is 0 Å². The number of nitrogens with two attached hydrogens (primary N) is 1. The predicted molar refractivity (Wildman–Crippen MR) is 144 cm³/mol. The number of hydrogen-bond acceptors (Lipinski definition) is 7. The van der Waals surface area contributed by atoms with Crippen LogP contribution in [0.3, 0.4) is 0 Å². The standard InChI is InChI=1S/C28H30FN7O/c1-15(2)17-10-12-18(13-11-17)24(30)23-25(31)32-14-33-26(23)34-16(3)27-35-21-9-5-8-20(29)22(21)28(37)36(27)19-6-4-7-19/h5,8-16,19,30H,4,6-7H2,1-3H3,(H3,31,32,33,34). The highest BCUT2D eigenvalue weighted by molar-refractivity contribution is 6.16. The second kappa shape index (κ2) is 9.72. The Morgan fingerprint density at radius 1 is 1.14 bits per heavy atom. The van der Waals surface area contributed by atoms with E-state index in [1.54, 1.807) is 16.7 Å². The lowest BCUT2D eigenvalue weighted by Crippen LogP contribution is -2.35. The number of rotatable bonds is 7. The van der Waals surface area contributed by atoms with Gasteiger partial charge < -0.3 is 11.1 Å². The highest BCUT2D eigenvalue weighted by Gasteiger charge is 2.28. The molecule has 1 atom stereocenters. The molecule has 1 unspecified atom stereocenters. The number of nitrogen functional groups attached to an aromatic ring is 1. The Hall–Kier alpha value is -4.14. The van der Waals surface area contributed by atoms with Crippen LogP contribution in [-0.4, -0.2) is 25.2 Å². The quantitative estimate of drug-likeness (QED) is 0.295. The van der Waals surface area contributed by atoms with Gasteiger partial charge in [-0.05, 0) is 49.8 Å². The number of hydrogen-bond donors (Lipinski definition) is 3. The lowest BCUT2D eigenvalue weighted by Gasteiger charge is -2.31. The van der Waals surface area contributed by atoms with E-state index in [0.717, 1.165) is 19.3 Å². The van der Waals surface area contributed by atoms with Crippen LogP contribution in [0.4, 0.5) is 16.0 Å². The largest absolute Gasteiger partial charge is 0.383 e.